The van der Waals surface area contributed by atoms with Crippen molar-refractivity contribution in [3.05, 3.63) is 69.8 Å². The Labute approximate surface area is 243 Å². The molecule has 42 heavy (non-hydrogen) atoms. The predicted molar refractivity (Wildman–Crippen MR) is 153 cm³/mol. The van der Waals surface area contributed by atoms with Crippen LogP contribution in [-0.4, -0.2) is 51.2 Å². The molecule has 2 bridgehead atoms. The van der Waals surface area contributed by atoms with Crippen molar-refractivity contribution in [2.75, 3.05) is 5.32 Å². The lowest BCUT2D eigenvalue weighted by Crippen LogP contribution is -2.52. The lowest BCUT2D eigenvalue weighted by molar-refractivity contribution is 0.0523. The van der Waals surface area contributed by atoms with Crippen LogP contribution in [0.5, 0.6) is 5.75 Å². The quantitative estimate of drug-likeness (QED) is 0.215. The number of anilines is 1. The van der Waals surface area contributed by atoms with Crippen molar-refractivity contribution >= 4 is 23.3 Å². The van der Waals surface area contributed by atoms with E-state index in [1.54, 1.807) is 32.9 Å². The van der Waals surface area contributed by atoms with Crippen molar-refractivity contribution in [1.82, 2.24) is 5.32 Å². The number of ether oxygens (including phenoxy) is 2. The molecule has 2 aliphatic carbocycles. The summed E-state index contributed by atoms with van der Waals surface area (Å²) in [5.74, 6) is 10.1. The lowest BCUT2D eigenvalue weighted by atomic mass is 9.67. The smallest absolute Gasteiger partial charge is 0.407 e. The van der Waals surface area contributed by atoms with Gasteiger partial charge in [-0.2, -0.15) is 0 Å². The Morgan fingerprint density at radius 2 is 1.79 bits per heavy atom. The fourth-order valence-corrected chi connectivity index (χ4v) is 6.33. The van der Waals surface area contributed by atoms with Crippen LogP contribution in [-0.2, 0) is 21.6 Å². The molecule has 0 aromatic heterocycles. The molecule has 1 amide bonds. The van der Waals surface area contributed by atoms with E-state index >= 15 is 0 Å². The summed E-state index contributed by atoms with van der Waals surface area (Å²) >= 11 is 0. The van der Waals surface area contributed by atoms with Gasteiger partial charge in [0.25, 0.3) is 0 Å². The lowest BCUT2D eigenvalue weighted by Gasteiger charge is -2.38. The molecule has 4 aliphatic rings. The molecule has 4 atom stereocenters. The van der Waals surface area contributed by atoms with Crippen LogP contribution in [0.2, 0.25) is 0 Å². The second-order valence-corrected chi connectivity index (χ2v) is 12.1. The number of benzene rings is 2. The van der Waals surface area contributed by atoms with Crippen LogP contribution in [0.25, 0.3) is 0 Å². The minimum Gasteiger partial charge on any atom is -0.507 e. The average molecular weight is 567 g/mol. The number of aliphatic hydroxyl groups is 1. The number of hydrogen-bond acceptors (Lipinski definition) is 8. The van der Waals surface area contributed by atoms with Crippen LogP contribution >= 0.6 is 0 Å². The molecule has 1 fully saturated rings. The number of aromatic hydroxyl groups is 1. The SMILES string of the molecule is CC(C)[C@@]12O[C@]13c1cc(O)c4c(c1N[C@H]2C#C/C=C\C#C[C@H]3O)C(=O)c1ccc(CNC(=O)OC(C)(C)C)cc1C4=O. The Morgan fingerprint density at radius 1 is 1.10 bits per heavy atom. The van der Waals surface area contributed by atoms with Crippen LogP contribution in [0.3, 0.4) is 0 Å². The van der Waals surface area contributed by atoms with E-state index in [2.05, 4.69) is 34.3 Å². The van der Waals surface area contributed by atoms with Gasteiger partial charge in [-0.1, -0.05) is 43.6 Å². The summed E-state index contributed by atoms with van der Waals surface area (Å²) < 4.78 is 11.7. The molecule has 9 heteroatoms. The number of allylic oxidation sites excluding steroid dienone is 2. The first-order valence-corrected chi connectivity index (χ1v) is 13.7. The van der Waals surface area contributed by atoms with Gasteiger partial charge in [-0.25, -0.2) is 4.79 Å². The number of carbonyl (C=O) groups is 3. The fraction of sp³-hybridized carbons (Fsp3) is 0.364. The molecule has 6 rings (SSSR count). The maximum atomic E-state index is 14.0. The highest BCUT2D eigenvalue weighted by Crippen LogP contribution is 2.68. The molecular formula is C33H30N2O7. The molecule has 2 heterocycles. The van der Waals surface area contributed by atoms with Gasteiger partial charge in [0.15, 0.2) is 23.3 Å². The van der Waals surface area contributed by atoms with E-state index in [1.165, 1.54) is 24.3 Å². The summed E-state index contributed by atoms with van der Waals surface area (Å²) in [5, 5.41) is 28.6. The summed E-state index contributed by atoms with van der Waals surface area (Å²) in [6.07, 6.45) is 1.20. The van der Waals surface area contributed by atoms with Gasteiger partial charge in [0.2, 0.25) is 0 Å². The maximum absolute atomic E-state index is 14.0. The highest BCUT2D eigenvalue weighted by molar-refractivity contribution is 6.31. The van der Waals surface area contributed by atoms with Crippen molar-refractivity contribution in [1.29, 1.82) is 0 Å². The van der Waals surface area contributed by atoms with Gasteiger partial charge in [0.1, 0.15) is 23.0 Å². The van der Waals surface area contributed by atoms with Crippen molar-refractivity contribution in [3.63, 3.8) is 0 Å². The average Bonchev–Trinajstić information content (AvgIpc) is 3.65. The van der Waals surface area contributed by atoms with Crippen LogP contribution in [0.15, 0.2) is 36.4 Å². The number of aliphatic hydroxyl groups excluding tert-OH is 1. The minimum absolute atomic E-state index is 0.00563. The van der Waals surface area contributed by atoms with E-state index in [-0.39, 0.29) is 40.4 Å². The van der Waals surface area contributed by atoms with Crippen molar-refractivity contribution in [2.45, 2.75) is 70.1 Å². The Kier molecular flexibility index (Phi) is 6.06. The van der Waals surface area contributed by atoms with E-state index < -0.39 is 52.4 Å². The summed E-state index contributed by atoms with van der Waals surface area (Å²) in [6.45, 7) is 9.22. The molecule has 214 valence electrons. The Morgan fingerprint density at radius 3 is 2.48 bits per heavy atom. The summed E-state index contributed by atoms with van der Waals surface area (Å²) in [4.78, 5) is 40.0. The van der Waals surface area contributed by atoms with E-state index in [0.29, 0.717) is 11.1 Å². The third-order valence-corrected chi connectivity index (χ3v) is 8.10. The molecule has 2 aromatic carbocycles. The monoisotopic (exact) mass is 566 g/mol. The number of epoxide rings is 1. The van der Waals surface area contributed by atoms with E-state index in [0.717, 1.165) is 0 Å². The molecular weight excluding hydrogens is 536 g/mol. The van der Waals surface area contributed by atoms with E-state index in [9.17, 15) is 24.6 Å². The van der Waals surface area contributed by atoms with Crippen molar-refractivity contribution < 1.29 is 34.1 Å². The number of alkyl carbamates (subject to hydrolysis) is 1. The molecule has 1 saturated heterocycles. The molecule has 0 unspecified atom stereocenters. The predicted octanol–water partition coefficient (Wildman–Crippen LogP) is 3.54. The molecule has 0 radical (unpaired) electrons. The number of ketones is 2. The van der Waals surface area contributed by atoms with Gasteiger partial charge in [0.05, 0.1) is 16.8 Å². The zero-order valence-electron chi connectivity index (χ0n) is 23.8. The van der Waals surface area contributed by atoms with Gasteiger partial charge in [0, 0.05) is 23.2 Å². The number of phenolic OH excluding ortho intramolecular Hbond substituents is 1. The summed E-state index contributed by atoms with van der Waals surface area (Å²) in [6, 6.07) is 5.45. The van der Waals surface area contributed by atoms with Gasteiger partial charge in [-0.05, 0) is 62.6 Å². The molecule has 4 N–H and O–H groups in total. The van der Waals surface area contributed by atoms with Gasteiger partial charge < -0.3 is 30.3 Å². The van der Waals surface area contributed by atoms with Crippen molar-refractivity contribution in [3.8, 4) is 29.4 Å². The van der Waals surface area contributed by atoms with Gasteiger partial charge in [-0.15, -0.1) is 0 Å². The number of phenols is 1. The van der Waals surface area contributed by atoms with E-state index in [4.69, 9.17) is 9.47 Å². The fourth-order valence-electron chi connectivity index (χ4n) is 6.33. The van der Waals surface area contributed by atoms with Crippen LogP contribution in [0, 0.1) is 29.6 Å². The zero-order valence-corrected chi connectivity index (χ0v) is 23.8. The maximum Gasteiger partial charge on any atom is 0.407 e. The second kappa shape index (κ2) is 9.22. The molecule has 2 aliphatic heterocycles. The third-order valence-electron chi connectivity index (χ3n) is 8.10. The number of amides is 1. The molecule has 9 nitrogen and oxygen atoms in total. The number of rotatable bonds is 3. The normalized spacial score (nSPS) is 26.9. The summed E-state index contributed by atoms with van der Waals surface area (Å²) in [5.41, 5.74) is -1.74. The zero-order chi connectivity index (χ0) is 30.2. The number of nitrogens with one attached hydrogen (secondary N) is 2. The number of carbonyl (C=O) groups excluding carboxylic acids is 3. The van der Waals surface area contributed by atoms with Crippen LogP contribution < -0.4 is 10.6 Å². The third kappa shape index (κ3) is 3.85. The summed E-state index contributed by atoms with van der Waals surface area (Å²) in [7, 11) is 0. The van der Waals surface area contributed by atoms with E-state index in [1.807, 2.05) is 13.8 Å². The molecule has 0 saturated carbocycles. The Hall–Kier alpha value is -4.57. The molecule has 0 spiro atoms. The topological polar surface area (TPSA) is 137 Å². The minimum atomic E-state index is -1.38. The second-order valence-electron chi connectivity index (χ2n) is 12.1. The van der Waals surface area contributed by atoms with Crippen LogP contribution in [0.1, 0.15) is 77.6 Å². The standard InChI is InChI=1S/C33H30N2O7/c1-17(2)32-23-10-8-6-7-9-11-24(37)33(32,42-32)21-15-22(36)25-26(27(21)35-23)28(38)19-13-12-18(14-20(19)29(25)39)16-34-30(40)41-31(3,4)5/h6-7,12-15,17,23-24,35-37H,16H2,1-5H3,(H,34,40)/b7-6-/t23-,24+,32-,33-/m0/s1. The first kappa shape index (κ1) is 27.6. The van der Waals surface area contributed by atoms with Crippen LogP contribution in [0.4, 0.5) is 10.5 Å². The highest BCUT2D eigenvalue weighted by Gasteiger charge is 2.81. The first-order valence-electron chi connectivity index (χ1n) is 13.7. The largest absolute Gasteiger partial charge is 0.507 e. The van der Waals surface area contributed by atoms with Crippen molar-refractivity contribution in [2.24, 2.45) is 5.92 Å². The number of fused-ring (bicyclic) bond motifs is 4. The Bertz CT molecular complexity index is 1740. The molecule has 2 aromatic rings. The Balaban J connectivity index is 1.45. The number of hydrogen-bond donors (Lipinski definition) is 4. The van der Waals surface area contributed by atoms with Gasteiger partial charge >= 0.3 is 6.09 Å². The van der Waals surface area contributed by atoms with Gasteiger partial charge in [-0.3, -0.25) is 9.59 Å². The first-order chi connectivity index (χ1) is 19.8. The highest BCUT2D eigenvalue weighted by atomic mass is 16.6.